The first-order valence-electron chi connectivity index (χ1n) is 12.4. The molecule has 1 aliphatic rings. The van der Waals surface area contributed by atoms with Gasteiger partial charge in [-0.2, -0.15) is 0 Å². The largest absolute Gasteiger partial charge is 0.493 e. The Kier molecular flexibility index (Phi) is 7.13. The van der Waals surface area contributed by atoms with Crippen LogP contribution in [0.4, 0.5) is 4.39 Å². The number of carbonyl (C=O) groups excluding carboxylic acids is 1. The number of amides is 1. The molecule has 38 heavy (non-hydrogen) atoms. The van der Waals surface area contributed by atoms with Crippen LogP contribution in [-0.4, -0.2) is 24.5 Å². The molecule has 4 aromatic rings. The topological polar surface area (TPSA) is 69.0 Å². The maximum Gasteiger partial charge on any atom is 0.291 e. The summed E-state index contributed by atoms with van der Waals surface area (Å²) in [6.45, 7) is 4.57. The van der Waals surface area contributed by atoms with Gasteiger partial charge in [0.25, 0.3) is 5.91 Å². The number of aryl methyl sites for hydroxylation is 1. The number of halogens is 2. The Bertz CT molecular complexity index is 1580. The lowest BCUT2D eigenvalue weighted by Crippen LogP contribution is -2.29. The number of benzene rings is 3. The third-order valence-electron chi connectivity index (χ3n) is 6.77. The summed E-state index contributed by atoms with van der Waals surface area (Å²) >= 11 is 6.33. The van der Waals surface area contributed by atoms with Gasteiger partial charge in [-0.3, -0.25) is 9.59 Å². The zero-order chi connectivity index (χ0) is 27.0. The molecule has 0 bridgehead atoms. The molecule has 1 atom stereocenters. The van der Waals surface area contributed by atoms with Crippen molar-refractivity contribution in [2.24, 2.45) is 0 Å². The number of unbranched alkanes of at least 4 members (excludes halogenated alkanes) is 1. The Morgan fingerprint density at radius 1 is 1.05 bits per heavy atom. The molecule has 0 aliphatic carbocycles. The van der Waals surface area contributed by atoms with Gasteiger partial charge in [-0.1, -0.05) is 43.1 Å². The second-order valence-corrected chi connectivity index (χ2v) is 9.75. The number of rotatable bonds is 8. The van der Waals surface area contributed by atoms with Crippen LogP contribution in [0, 0.1) is 12.7 Å². The Labute approximate surface area is 224 Å². The summed E-state index contributed by atoms with van der Waals surface area (Å²) in [7, 11) is 1.54. The minimum Gasteiger partial charge on any atom is -0.493 e. The number of ether oxygens (including phenoxy) is 2. The van der Waals surface area contributed by atoms with Crippen molar-refractivity contribution < 1.29 is 23.1 Å². The van der Waals surface area contributed by atoms with Crippen LogP contribution in [0.1, 0.15) is 58.6 Å². The summed E-state index contributed by atoms with van der Waals surface area (Å²) in [6, 6.07) is 13.8. The molecule has 1 aliphatic heterocycles. The third kappa shape index (κ3) is 4.63. The lowest BCUT2D eigenvalue weighted by molar-refractivity contribution is 0.0714. The molecular weight excluding hydrogens is 509 g/mol. The number of fused-ring (bicyclic) bond motifs is 2. The van der Waals surface area contributed by atoms with Gasteiger partial charge in [0, 0.05) is 11.6 Å². The maximum atomic E-state index is 13.8. The van der Waals surface area contributed by atoms with Crippen molar-refractivity contribution in [3.63, 3.8) is 0 Å². The highest BCUT2D eigenvalue weighted by Crippen LogP contribution is 2.42. The summed E-state index contributed by atoms with van der Waals surface area (Å²) in [6.07, 6.45) is 1.89. The lowest BCUT2D eigenvalue weighted by atomic mass is 9.97. The highest BCUT2D eigenvalue weighted by molar-refractivity contribution is 6.32. The Morgan fingerprint density at radius 2 is 1.82 bits per heavy atom. The molecule has 5 rings (SSSR count). The van der Waals surface area contributed by atoms with Gasteiger partial charge in [0.1, 0.15) is 11.4 Å². The van der Waals surface area contributed by atoms with Crippen LogP contribution < -0.4 is 14.9 Å². The minimum atomic E-state index is -0.762. The molecule has 8 heteroatoms. The van der Waals surface area contributed by atoms with Gasteiger partial charge in [0.05, 0.1) is 30.7 Å². The van der Waals surface area contributed by atoms with Crippen molar-refractivity contribution in [2.75, 3.05) is 13.7 Å². The SMILES string of the molecule is CCCCOc1ccc(C2c3c(oc4cc(C)c(Cl)cc4c3=O)C(=O)N2Cc2ccc(F)cc2)cc1OC. The quantitative estimate of drug-likeness (QED) is 0.231. The number of hydrogen-bond donors (Lipinski definition) is 0. The maximum absolute atomic E-state index is 13.8. The van der Waals surface area contributed by atoms with E-state index in [0.29, 0.717) is 45.2 Å². The Balaban J connectivity index is 1.67. The summed E-state index contributed by atoms with van der Waals surface area (Å²) < 4.78 is 31.1. The summed E-state index contributed by atoms with van der Waals surface area (Å²) in [5, 5.41) is 0.733. The van der Waals surface area contributed by atoms with Gasteiger partial charge in [-0.25, -0.2) is 4.39 Å². The first kappa shape index (κ1) is 25.8. The molecular formula is C30H27ClFNO5. The number of carbonyl (C=O) groups is 1. The van der Waals surface area contributed by atoms with E-state index in [1.54, 1.807) is 55.3 Å². The van der Waals surface area contributed by atoms with E-state index < -0.39 is 11.9 Å². The minimum absolute atomic E-state index is 0.0152. The van der Waals surface area contributed by atoms with E-state index in [-0.39, 0.29) is 29.1 Å². The smallest absolute Gasteiger partial charge is 0.291 e. The Morgan fingerprint density at radius 3 is 2.53 bits per heavy atom. The second-order valence-electron chi connectivity index (χ2n) is 9.35. The predicted octanol–water partition coefficient (Wildman–Crippen LogP) is 6.83. The van der Waals surface area contributed by atoms with Crippen LogP contribution >= 0.6 is 11.6 Å². The van der Waals surface area contributed by atoms with Gasteiger partial charge in [0.2, 0.25) is 5.76 Å². The van der Waals surface area contributed by atoms with Crippen LogP contribution in [0.5, 0.6) is 11.5 Å². The Hall–Kier alpha value is -3.84. The molecule has 0 saturated carbocycles. The second kappa shape index (κ2) is 10.5. The average molecular weight is 536 g/mol. The van der Waals surface area contributed by atoms with Crippen LogP contribution in [0.3, 0.4) is 0 Å². The van der Waals surface area contributed by atoms with Crippen LogP contribution in [-0.2, 0) is 6.54 Å². The number of hydrogen-bond acceptors (Lipinski definition) is 5. The number of methoxy groups -OCH3 is 1. The molecule has 1 unspecified atom stereocenters. The van der Waals surface area contributed by atoms with Gasteiger partial charge < -0.3 is 18.8 Å². The van der Waals surface area contributed by atoms with Crippen LogP contribution in [0.15, 0.2) is 63.8 Å². The molecule has 2 heterocycles. The fourth-order valence-electron chi connectivity index (χ4n) is 4.74. The molecule has 0 spiro atoms. The molecule has 0 saturated heterocycles. The fraction of sp³-hybridized carbons (Fsp3) is 0.267. The van der Waals surface area contributed by atoms with E-state index in [9.17, 15) is 14.0 Å². The molecule has 1 amide bonds. The standard InChI is InChI=1S/C30H27ClFNO5/c1-4-5-12-37-23-11-8-19(14-25(23)36-3)27-26-28(34)21-15-22(31)17(2)13-24(21)38-29(26)30(35)33(27)16-18-6-9-20(32)10-7-18/h6-11,13-15,27H,4-5,12,16H2,1-3H3. The first-order chi connectivity index (χ1) is 18.3. The average Bonchev–Trinajstić information content (AvgIpc) is 3.18. The highest BCUT2D eigenvalue weighted by Gasteiger charge is 2.43. The van der Waals surface area contributed by atoms with Gasteiger partial charge in [-0.05, 0) is 66.4 Å². The summed E-state index contributed by atoms with van der Waals surface area (Å²) in [5.41, 5.74) is 2.29. The van der Waals surface area contributed by atoms with E-state index in [0.717, 1.165) is 18.4 Å². The molecule has 0 radical (unpaired) electrons. The first-order valence-corrected chi connectivity index (χ1v) is 12.8. The van der Waals surface area contributed by atoms with Crippen molar-refractivity contribution in [1.29, 1.82) is 0 Å². The highest BCUT2D eigenvalue weighted by atomic mass is 35.5. The normalized spacial score (nSPS) is 14.7. The molecule has 1 aromatic heterocycles. The summed E-state index contributed by atoms with van der Waals surface area (Å²) in [5.74, 6) is 0.249. The van der Waals surface area contributed by atoms with Crippen molar-refractivity contribution in [2.45, 2.75) is 39.3 Å². The van der Waals surface area contributed by atoms with E-state index in [4.69, 9.17) is 25.5 Å². The van der Waals surface area contributed by atoms with Gasteiger partial charge in [0.15, 0.2) is 16.9 Å². The van der Waals surface area contributed by atoms with Crippen molar-refractivity contribution in [3.8, 4) is 11.5 Å². The third-order valence-corrected chi connectivity index (χ3v) is 7.18. The predicted molar refractivity (Wildman–Crippen MR) is 144 cm³/mol. The molecule has 0 N–H and O–H groups in total. The van der Waals surface area contributed by atoms with Crippen molar-refractivity contribution in [3.05, 3.63) is 104 Å². The van der Waals surface area contributed by atoms with E-state index in [1.807, 2.05) is 6.07 Å². The lowest BCUT2D eigenvalue weighted by Gasteiger charge is -2.26. The molecule has 6 nitrogen and oxygen atoms in total. The summed E-state index contributed by atoms with van der Waals surface area (Å²) in [4.78, 5) is 29.1. The van der Waals surface area contributed by atoms with E-state index in [1.165, 1.54) is 12.1 Å². The van der Waals surface area contributed by atoms with E-state index >= 15 is 0 Å². The fourth-order valence-corrected chi connectivity index (χ4v) is 4.90. The molecule has 0 fully saturated rings. The number of nitrogens with zero attached hydrogens (tertiary/aromatic N) is 1. The zero-order valence-electron chi connectivity index (χ0n) is 21.3. The monoisotopic (exact) mass is 535 g/mol. The van der Waals surface area contributed by atoms with Crippen molar-refractivity contribution in [1.82, 2.24) is 4.90 Å². The molecule has 196 valence electrons. The zero-order valence-corrected chi connectivity index (χ0v) is 22.1. The van der Waals surface area contributed by atoms with E-state index in [2.05, 4.69) is 6.92 Å². The van der Waals surface area contributed by atoms with Gasteiger partial charge >= 0.3 is 0 Å². The van der Waals surface area contributed by atoms with Crippen molar-refractivity contribution >= 4 is 28.5 Å². The van der Waals surface area contributed by atoms with Crippen LogP contribution in [0.25, 0.3) is 11.0 Å². The van der Waals surface area contributed by atoms with Crippen LogP contribution in [0.2, 0.25) is 5.02 Å². The molecule has 3 aromatic carbocycles. The van der Waals surface area contributed by atoms with Gasteiger partial charge in [-0.15, -0.1) is 0 Å².